The predicted octanol–water partition coefficient (Wildman–Crippen LogP) is -3.97. The number of nitrogens with zero attached hydrogens (tertiary/aromatic N) is 6. The van der Waals surface area contributed by atoms with Gasteiger partial charge in [-0.15, -0.1) is 0 Å². The van der Waals surface area contributed by atoms with Crippen molar-refractivity contribution in [3.8, 4) is 0 Å². The van der Waals surface area contributed by atoms with Gasteiger partial charge in [-0.2, -0.15) is 0 Å². The van der Waals surface area contributed by atoms with E-state index in [9.17, 15) is 59.4 Å². The van der Waals surface area contributed by atoms with E-state index in [-0.39, 0.29) is 91.4 Å². The van der Waals surface area contributed by atoms with Gasteiger partial charge in [0.05, 0.1) is 26.2 Å². The average molecular weight is 719 g/mol. The molecule has 50 heavy (non-hydrogen) atoms. The first-order chi connectivity index (χ1) is 23.7. The maximum Gasteiger partial charge on any atom is 0.320 e. The molecule has 0 aromatic heterocycles. The average Bonchev–Trinajstić information content (AvgIpc) is 3.00. The fraction of sp³-hybridized carbons (Fsp3) is 0.800. The molecule has 2 heterocycles. The Bertz CT molecular complexity index is 974. The van der Waals surface area contributed by atoms with Crippen molar-refractivity contribution in [1.82, 2.24) is 40.0 Å². The summed E-state index contributed by atoms with van der Waals surface area (Å²) in [5.74, 6) is -6.58. The van der Waals surface area contributed by atoms with E-state index in [0.29, 0.717) is 52.4 Å². The van der Waals surface area contributed by atoms with Crippen LogP contribution in [-0.4, -0.2) is 239 Å². The molecule has 0 amide bonds. The minimum atomic E-state index is -1.21. The van der Waals surface area contributed by atoms with Gasteiger partial charge in [-0.05, 0) is 12.8 Å². The van der Waals surface area contributed by atoms with Crippen LogP contribution in [0, 0.1) is 0 Å². The number of carbonyl (C=O) groups is 6. The molecular formula is C30H54N8O12. The molecule has 2 aliphatic heterocycles. The molecule has 2 unspecified atom stereocenters. The van der Waals surface area contributed by atoms with E-state index in [0.717, 1.165) is 0 Å². The number of carboxylic acids is 6. The lowest BCUT2D eigenvalue weighted by Gasteiger charge is -2.36. The minimum absolute atomic E-state index is 0.107. The van der Waals surface area contributed by atoms with Crippen molar-refractivity contribution in [1.29, 1.82) is 0 Å². The number of hydrogen-bond acceptors (Lipinski definition) is 14. The van der Waals surface area contributed by atoms with Crippen molar-refractivity contribution in [3.05, 3.63) is 0 Å². The molecule has 2 fully saturated rings. The Morgan fingerprint density at radius 2 is 0.640 bits per heavy atom. The quantitative estimate of drug-likeness (QED) is 0.0802. The van der Waals surface area contributed by atoms with Crippen LogP contribution >= 0.6 is 0 Å². The molecule has 2 aliphatic rings. The highest BCUT2D eigenvalue weighted by Crippen LogP contribution is 2.16. The monoisotopic (exact) mass is 718 g/mol. The van der Waals surface area contributed by atoms with Gasteiger partial charge in [0, 0.05) is 105 Å². The van der Waals surface area contributed by atoms with Crippen LogP contribution in [0.4, 0.5) is 0 Å². The van der Waals surface area contributed by atoms with E-state index >= 15 is 0 Å². The van der Waals surface area contributed by atoms with Crippen LogP contribution in [-0.2, 0) is 28.8 Å². The van der Waals surface area contributed by atoms with Crippen molar-refractivity contribution in [3.63, 3.8) is 0 Å². The lowest BCUT2D eigenvalue weighted by molar-refractivity contribution is -0.147. The second-order valence-corrected chi connectivity index (χ2v) is 12.5. The summed E-state index contributed by atoms with van der Waals surface area (Å²) in [5.41, 5.74) is 0. The van der Waals surface area contributed by atoms with Crippen LogP contribution in [0.15, 0.2) is 0 Å². The van der Waals surface area contributed by atoms with Crippen LogP contribution in [0.25, 0.3) is 0 Å². The normalized spacial score (nSPS) is 21.4. The molecule has 286 valence electrons. The second-order valence-electron chi connectivity index (χ2n) is 12.5. The molecule has 20 heteroatoms. The van der Waals surface area contributed by atoms with Crippen LogP contribution < -0.4 is 10.6 Å². The number of carboxylic acid groups (broad SMARTS) is 6. The number of rotatable bonds is 15. The van der Waals surface area contributed by atoms with Gasteiger partial charge in [0.15, 0.2) is 0 Å². The maximum absolute atomic E-state index is 12.7. The summed E-state index contributed by atoms with van der Waals surface area (Å²) in [6, 6.07) is -2.36. The van der Waals surface area contributed by atoms with Crippen molar-refractivity contribution in [2.24, 2.45) is 0 Å². The topological polar surface area (TPSA) is 267 Å². The largest absolute Gasteiger partial charge is 0.480 e. The molecule has 2 saturated heterocycles. The third kappa shape index (κ3) is 17.4. The number of hydrogen-bond donors (Lipinski definition) is 8. The summed E-state index contributed by atoms with van der Waals surface area (Å²) in [6.07, 6.45) is -0.215. The van der Waals surface area contributed by atoms with Gasteiger partial charge in [0.25, 0.3) is 0 Å². The Morgan fingerprint density at radius 3 is 0.840 bits per heavy atom. The van der Waals surface area contributed by atoms with E-state index in [4.69, 9.17) is 0 Å². The standard InChI is InChI=1S/C30H54N8O12/c39-25(40)19-33-7-3-31-4-8-34(20-26(41)42)12-16-37(15-11-33)23(29(47)48)1-2-24(30(49)50)38-17-13-35(21-27(43)44)9-5-32-6-10-36(14-18-38)22-28(45)46/h23-24,31-32H,1-22H2,(H,39,40)(H,41,42)(H,43,44)(H,45,46)(H,47,48)(H,49,50). The molecule has 20 nitrogen and oxygen atoms in total. The zero-order chi connectivity index (χ0) is 37.1. The predicted molar refractivity (Wildman–Crippen MR) is 177 cm³/mol. The summed E-state index contributed by atoms with van der Waals surface area (Å²) >= 11 is 0. The smallest absolute Gasteiger partial charge is 0.320 e. The molecule has 2 rings (SSSR count). The third-order valence-corrected chi connectivity index (χ3v) is 8.83. The zero-order valence-electron chi connectivity index (χ0n) is 28.5. The first-order valence-corrected chi connectivity index (χ1v) is 16.9. The van der Waals surface area contributed by atoms with Gasteiger partial charge in [0.2, 0.25) is 0 Å². The van der Waals surface area contributed by atoms with Crippen LogP contribution in [0.2, 0.25) is 0 Å². The SMILES string of the molecule is O=C(O)CN1CCNCCN(CC(=O)O)CCN(C(CCC(C(=O)O)N2CCN(CC(=O)O)CCNCCN(CC(=O)O)CC2)C(=O)O)CC1. The molecule has 0 saturated carbocycles. The molecular weight excluding hydrogens is 664 g/mol. The Kier molecular flexibility index (Phi) is 19.7. The Morgan fingerprint density at radius 1 is 0.400 bits per heavy atom. The summed E-state index contributed by atoms with van der Waals surface area (Å²) in [6.45, 7) is 3.53. The Labute approximate surface area is 291 Å². The van der Waals surface area contributed by atoms with Gasteiger partial charge in [-0.25, -0.2) is 0 Å². The van der Waals surface area contributed by atoms with Crippen LogP contribution in [0.5, 0.6) is 0 Å². The first-order valence-electron chi connectivity index (χ1n) is 16.9. The first kappa shape index (κ1) is 42.7. The molecule has 0 aromatic carbocycles. The lowest BCUT2D eigenvalue weighted by atomic mass is 10.0. The fourth-order valence-corrected chi connectivity index (χ4v) is 6.21. The van der Waals surface area contributed by atoms with E-state index in [1.54, 1.807) is 29.4 Å². The molecule has 0 aromatic rings. The van der Waals surface area contributed by atoms with Gasteiger partial charge in [0.1, 0.15) is 12.1 Å². The zero-order valence-corrected chi connectivity index (χ0v) is 28.5. The van der Waals surface area contributed by atoms with Gasteiger partial charge in [-0.1, -0.05) is 0 Å². The molecule has 2 atom stereocenters. The molecule has 0 aliphatic carbocycles. The molecule has 0 bridgehead atoms. The summed E-state index contributed by atoms with van der Waals surface area (Å²) in [7, 11) is 0. The Balaban J connectivity index is 2.33. The lowest BCUT2D eigenvalue weighted by Crippen LogP contribution is -2.53. The van der Waals surface area contributed by atoms with E-state index < -0.39 is 47.9 Å². The van der Waals surface area contributed by atoms with Crippen LogP contribution in [0.3, 0.4) is 0 Å². The van der Waals surface area contributed by atoms with E-state index in [1.165, 1.54) is 0 Å². The van der Waals surface area contributed by atoms with Gasteiger partial charge >= 0.3 is 35.8 Å². The van der Waals surface area contributed by atoms with Crippen LogP contribution in [0.1, 0.15) is 12.8 Å². The van der Waals surface area contributed by atoms with Crippen molar-refractivity contribution < 1.29 is 59.4 Å². The summed E-state index contributed by atoms with van der Waals surface area (Å²) in [4.78, 5) is 81.5. The molecule has 0 radical (unpaired) electrons. The molecule has 0 spiro atoms. The maximum atomic E-state index is 12.7. The highest BCUT2D eigenvalue weighted by Gasteiger charge is 2.32. The van der Waals surface area contributed by atoms with E-state index in [2.05, 4.69) is 10.6 Å². The third-order valence-electron chi connectivity index (χ3n) is 8.83. The second kappa shape index (κ2) is 23.1. The highest BCUT2D eigenvalue weighted by molar-refractivity contribution is 5.75. The van der Waals surface area contributed by atoms with Crippen molar-refractivity contribution in [2.45, 2.75) is 24.9 Å². The van der Waals surface area contributed by atoms with Gasteiger partial charge < -0.3 is 41.3 Å². The minimum Gasteiger partial charge on any atom is -0.480 e. The van der Waals surface area contributed by atoms with Crippen molar-refractivity contribution in [2.75, 3.05) is 131 Å². The Hall–Kier alpha value is -3.50. The van der Waals surface area contributed by atoms with Crippen molar-refractivity contribution >= 4 is 35.8 Å². The fourth-order valence-electron chi connectivity index (χ4n) is 6.21. The highest BCUT2D eigenvalue weighted by atomic mass is 16.4. The van der Waals surface area contributed by atoms with E-state index in [1.807, 2.05) is 0 Å². The number of aliphatic carboxylic acids is 6. The summed E-state index contributed by atoms with van der Waals surface area (Å²) < 4.78 is 0. The number of nitrogens with one attached hydrogen (secondary N) is 2. The summed E-state index contributed by atoms with van der Waals surface area (Å²) in [5, 5.41) is 64.8. The van der Waals surface area contributed by atoms with Gasteiger partial charge in [-0.3, -0.25) is 58.2 Å². The molecule has 8 N–H and O–H groups in total.